The molecule has 5 heteroatoms. The third kappa shape index (κ3) is 7.20. The third-order valence-electron chi connectivity index (χ3n) is 9.72. The molecule has 2 saturated heterocycles. The third-order valence-corrected chi connectivity index (χ3v) is 9.72. The minimum absolute atomic E-state index is 0.364. The molecule has 0 aromatic heterocycles. The molecule has 0 bridgehead atoms. The summed E-state index contributed by atoms with van der Waals surface area (Å²) in [6.07, 6.45) is 14.1. The lowest BCUT2D eigenvalue weighted by Crippen LogP contribution is -2.38. The number of hydrogen-bond donors (Lipinski definition) is 0. The second-order valence-electron chi connectivity index (χ2n) is 12.7. The highest BCUT2D eigenvalue weighted by Crippen LogP contribution is 2.41. The molecule has 39 heavy (non-hydrogen) atoms. The van der Waals surface area contributed by atoms with Crippen molar-refractivity contribution in [2.75, 3.05) is 45.9 Å². The fraction of sp³-hybridized carbons (Fsp3) is 0.735. The number of carbonyl (C=O) groups excluding carboxylic acids is 1. The van der Waals surface area contributed by atoms with Gasteiger partial charge in [-0.05, 0) is 92.4 Å². The molecule has 1 aromatic carbocycles. The number of allylic oxidation sites excluding steroid dienone is 1. The van der Waals surface area contributed by atoms with E-state index >= 15 is 0 Å². The van der Waals surface area contributed by atoms with E-state index in [1.807, 2.05) is 0 Å². The Labute approximate surface area is 237 Å². The lowest BCUT2D eigenvalue weighted by atomic mass is 9.89. The summed E-state index contributed by atoms with van der Waals surface area (Å²) in [5.74, 6) is 2.64. The van der Waals surface area contributed by atoms with E-state index in [1.165, 1.54) is 75.6 Å². The molecule has 0 radical (unpaired) electrons. The largest absolute Gasteiger partial charge is 0.493 e. The first-order valence-electron chi connectivity index (χ1n) is 16.3. The lowest BCUT2D eigenvalue weighted by molar-refractivity contribution is -0.127. The molecule has 216 valence electrons. The van der Waals surface area contributed by atoms with E-state index in [1.54, 1.807) is 11.3 Å². The Hall–Kier alpha value is -2.01. The lowest BCUT2D eigenvalue weighted by Gasteiger charge is -2.33. The zero-order valence-electron chi connectivity index (χ0n) is 25.1. The average molecular weight is 536 g/mol. The van der Waals surface area contributed by atoms with Crippen LogP contribution >= 0.6 is 0 Å². The van der Waals surface area contributed by atoms with Gasteiger partial charge in [0.2, 0.25) is 5.91 Å². The van der Waals surface area contributed by atoms with E-state index in [0.29, 0.717) is 23.8 Å². The number of benzene rings is 1. The predicted octanol–water partition coefficient (Wildman–Crippen LogP) is 7.08. The van der Waals surface area contributed by atoms with Crippen molar-refractivity contribution in [2.45, 2.75) is 116 Å². The molecule has 0 N–H and O–H groups in total. The van der Waals surface area contributed by atoms with Gasteiger partial charge < -0.3 is 14.5 Å². The Morgan fingerprint density at radius 3 is 2.56 bits per heavy atom. The topological polar surface area (TPSA) is 36.0 Å². The van der Waals surface area contributed by atoms with Gasteiger partial charge in [0.25, 0.3) is 0 Å². The second kappa shape index (κ2) is 13.6. The first-order chi connectivity index (χ1) is 19.1. The second-order valence-corrected chi connectivity index (χ2v) is 12.7. The molecule has 1 amide bonds. The van der Waals surface area contributed by atoms with Crippen molar-refractivity contribution in [3.05, 3.63) is 40.6 Å². The number of carbonyl (C=O) groups is 1. The molecule has 1 aliphatic carbocycles. The fourth-order valence-electron chi connectivity index (χ4n) is 7.07. The van der Waals surface area contributed by atoms with Gasteiger partial charge in [0.1, 0.15) is 5.75 Å². The molecule has 3 fully saturated rings. The van der Waals surface area contributed by atoms with E-state index in [0.717, 1.165) is 64.2 Å². The molecular formula is C34H53N3O2. The van der Waals surface area contributed by atoms with Crippen LogP contribution in [0.15, 0.2) is 29.5 Å². The van der Waals surface area contributed by atoms with Crippen LogP contribution in [-0.2, 0) is 4.79 Å². The van der Waals surface area contributed by atoms with E-state index in [-0.39, 0.29) is 0 Å². The number of amides is 1. The summed E-state index contributed by atoms with van der Waals surface area (Å²) in [5.41, 5.74) is 6.21. The first kappa shape index (κ1) is 28.5. The quantitative estimate of drug-likeness (QED) is 0.255. The number of nitrogens with zero attached hydrogens (tertiary/aromatic N) is 3. The molecule has 3 unspecified atom stereocenters. The smallest absolute Gasteiger partial charge is 0.222 e. The summed E-state index contributed by atoms with van der Waals surface area (Å²) in [7, 11) is 0. The zero-order chi connectivity index (χ0) is 27.2. The van der Waals surface area contributed by atoms with Gasteiger partial charge in [-0.3, -0.25) is 9.69 Å². The maximum atomic E-state index is 12.2. The summed E-state index contributed by atoms with van der Waals surface area (Å²) in [4.78, 5) is 19.9. The van der Waals surface area contributed by atoms with Gasteiger partial charge in [0, 0.05) is 57.4 Å². The molecule has 5 rings (SSSR count). The van der Waals surface area contributed by atoms with Crippen molar-refractivity contribution in [2.24, 2.45) is 0 Å². The minimum Gasteiger partial charge on any atom is -0.493 e. The average Bonchev–Trinajstić information content (AvgIpc) is 3.59. The summed E-state index contributed by atoms with van der Waals surface area (Å²) in [6, 6.07) is 7.69. The van der Waals surface area contributed by atoms with E-state index < -0.39 is 0 Å². The van der Waals surface area contributed by atoms with Crippen LogP contribution in [0.4, 0.5) is 0 Å². The summed E-state index contributed by atoms with van der Waals surface area (Å²) in [5, 5.41) is 0. The van der Waals surface area contributed by atoms with Crippen LogP contribution in [0.2, 0.25) is 0 Å². The van der Waals surface area contributed by atoms with Gasteiger partial charge in [0.15, 0.2) is 0 Å². The van der Waals surface area contributed by atoms with Crippen LogP contribution in [0, 0.1) is 0 Å². The molecule has 3 atom stereocenters. The highest BCUT2D eigenvalue weighted by Gasteiger charge is 2.36. The maximum Gasteiger partial charge on any atom is 0.222 e. The highest BCUT2D eigenvalue weighted by atomic mass is 16.5. The number of hydrogen-bond acceptors (Lipinski definition) is 4. The number of fused-ring (bicyclic) bond motifs is 1. The monoisotopic (exact) mass is 535 g/mol. The van der Waals surface area contributed by atoms with Gasteiger partial charge >= 0.3 is 0 Å². The van der Waals surface area contributed by atoms with Crippen molar-refractivity contribution in [1.82, 2.24) is 14.7 Å². The molecule has 5 nitrogen and oxygen atoms in total. The molecule has 0 spiro atoms. The Morgan fingerprint density at radius 1 is 1.08 bits per heavy atom. The van der Waals surface area contributed by atoms with Crippen LogP contribution in [0.1, 0.15) is 121 Å². The molecular weight excluding hydrogens is 482 g/mol. The Kier molecular flexibility index (Phi) is 9.92. The van der Waals surface area contributed by atoms with Gasteiger partial charge in [-0.1, -0.05) is 45.7 Å². The molecule has 4 aliphatic rings. The number of rotatable bonds is 14. The predicted molar refractivity (Wildman–Crippen MR) is 160 cm³/mol. The fourth-order valence-corrected chi connectivity index (χ4v) is 7.07. The summed E-state index contributed by atoms with van der Waals surface area (Å²) < 4.78 is 6.13. The van der Waals surface area contributed by atoms with Crippen LogP contribution in [0.5, 0.6) is 5.75 Å². The van der Waals surface area contributed by atoms with Crippen molar-refractivity contribution < 1.29 is 9.53 Å². The van der Waals surface area contributed by atoms with Crippen LogP contribution in [0.25, 0.3) is 0 Å². The number of unbranched alkanes of at least 4 members (excludes halogenated alkanes) is 2. The van der Waals surface area contributed by atoms with E-state index in [2.05, 4.69) is 53.7 Å². The Morgan fingerprint density at radius 2 is 1.87 bits per heavy atom. The van der Waals surface area contributed by atoms with Crippen LogP contribution < -0.4 is 4.74 Å². The summed E-state index contributed by atoms with van der Waals surface area (Å²) >= 11 is 0. The van der Waals surface area contributed by atoms with Crippen LogP contribution in [-0.4, -0.2) is 72.5 Å². The standard InChI is InChI=1S/C34H53N3O2/c1-4-6-17-35(18-7-5-2)32(27-12-13-27)25-37-24-29(22-30(37)10-8-19-36-20-9-11-34(36)38)28-14-15-31-26(3)16-21-39-33(31)23-28/h14-15,23,26,29-30H,4-13,16-22,24-25H2,1-3H3. The van der Waals surface area contributed by atoms with Crippen LogP contribution in [0.3, 0.4) is 0 Å². The van der Waals surface area contributed by atoms with Gasteiger partial charge in [-0.15, -0.1) is 0 Å². The minimum atomic E-state index is 0.364. The highest BCUT2D eigenvalue weighted by molar-refractivity contribution is 5.78. The summed E-state index contributed by atoms with van der Waals surface area (Å²) in [6.45, 7) is 14.3. The van der Waals surface area contributed by atoms with E-state index in [9.17, 15) is 4.79 Å². The van der Waals surface area contributed by atoms with Gasteiger partial charge in [-0.2, -0.15) is 0 Å². The molecule has 1 saturated carbocycles. The Bertz CT molecular complexity index is 990. The van der Waals surface area contributed by atoms with Gasteiger partial charge in [0.05, 0.1) is 6.61 Å². The molecule has 3 heterocycles. The zero-order valence-corrected chi connectivity index (χ0v) is 25.1. The maximum absolute atomic E-state index is 12.2. The number of ether oxygens (including phenoxy) is 1. The molecule has 3 aliphatic heterocycles. The first-order valence-corrected chi connectivity index (χ1v) is 16.3. The van der Waals surface area contributed by atoms with Crippen molar-refractivity contribution in [1.29, 1.82) is 0 Å². The van der Waals surface area contributed by atoms with Crippen molar-refractivity contribution in [3.8, 4) is 5.75 Å². The van der Waals surface area contributed by atoms with Crippen molar-refractivity contribution in [3.63, 3.8) is 0 Å². The van der Waals surface area contributed by atoms with Gasteiger partial charge in [-0.25, -0.2) is 0 Å². The SMILES string of the molecule is CCCCN(CCCC)C(CN1CC(c2ccc3c(c2)OCCC3C)CC1CCCN1CCCC1=O)=C1CC1. The Balaban J connectivity index is 1.31. The number of likely N-dealkylation sites (tertiary alicyclic amines) is 2. The van der Waals surface area contributed by atoms with Crippen molar-refractivity contribution >= 4 is 5.91 Å². The molecule has 1 aromatic rings. The van der Waals surface area contributed by atoms with E-state index in [4.69, 9.17) is 4.74 Å². The normalized spacial score (nSPS) is 24.7.